The van der Waals surface area contributed by atoms with E-state index in [1.165, 1.54) is 6.07 Å². The summed E-state index contributed by atoms with van der Waals surface area (Å²) in [5.41, 5.74) is 0.423. The maximum absolute atomic E-state index is 11.8. The number of aromatic nitrogens is 2. The molecule has 0 radical (unpaired) electrons. The van der Waals surface area contributed by atoms with Gasteiger partial charge in [-0.1, -0.05) is 23.2 Å². The van der Waals surface area contributed by atoms with Gasteiger partial charge in [0.05, 0.1) is 10.0 Å². The molecule has 0 saturated heterocycles. The van der Waals surface area contributed by atoms with Crippen LogP contribution in [0, 0.1) is 6.92 Å². The standard InChI is InChI=1S/C10H7Cl2N3OS/c1-5-13-10(17-15-5)14-9(16)6-2-3-7(11)8(12)4-6/h2-4H,1H3,(H,13,14,15,16). The van der Waals surface area contributed by atoms with Crippen LogP contribution in [-0.2, 0) is 0 Å². The van der Waals surface area contributed by atoms with Crippen LogP contribution in [0.15, 0.2) is 18.2 Å². The van der Waals surface area contributed by atoms with Gasteiger partial charge in [0.15, 0.2) is 0 Å². The zero-order valence-electron chi connectivity index (χ0n) is 8.70. The number of hydrogen-bond donors (Lipinski definition) is 1. The Kier molecular flexibility index (Phi) is 3.61. The van der Waals surface area contributed by atoms with Crippen molar-refractivity contribution in [3.63, 3.8) is 0 Å². The molecule has 17 heavy (non-hydrogen) atoms. The van der Waals surface area contributed by atoms with Crippen LogP contribution in [-0.4, -0.2) is 15.3 Å². The fourth-order valence-corrected chi connectivity index (χ4v) is 2.02. The van der Waals surface area contributed by atoms with Crippen molar-refractivity contribution in [2.75, 3.05) is 5.32 Å². The Morgan fingerprint density at radius 3 is 2.71 bits per heavy atom. The first-order valence-electron chi connectivity index (χ1n) is 4.63. The molecule has 2 aromatic rings. The Hall–Kier alpha value is -1.17. The van der Waals surface area contributed by atoms with Crippen LogP contribution in [0.2, 0.25) is 10.0 Å². The molecule has 1 aromatic heterocycles. The molecule has 0 bridgehead atoms. The highest BCUT2D eigenvalue weighted by Gasteiger charge is 2.10. The Morgan fingerprint density at radius 1 is 1.35 bits per heavy atom. The summed E-state index contributed by atoms with van der Waals surface area (Å²) in [4.78, 5) is 15.8. The van der Waals surface area contributed by atoms with E-state index >= 15 is 0 Å². The van der Waals surface area contributed by atoms with Crippen LogP contribution in [0.5, 0.6) is 0 Å². The molecule has 0 spiro atoms. The molecule has 0 atom stereocenters. The highest BCUT2D eigenvalue weighted by atomic mass is 35.5. The van der Waals surface area contributed by atoms with Crippen molar-refractivity contribution in [2.45, 2.75) is 6.92 Å². The van der Waals surface area contributed by atoms with E-state index < -0.39 is 0 Å². The minimum absolute atomic E-state index is 0.292. The summed E-state index contributed by atoms with van der Waals surface area (Å²) in [6.07, 6.45) is 0. The lowest BCUT2D eigenvalue weighted by Gasteiger charge is -2.02. The van der Waals surface area contributed by atoms with Crippen LogP contribution in [0.3, 0.4) is 0 Å². The van der Waals surface area contributed by atoms with E-state index in [0.717, 1.165) is 11.5 Å². The third kappa shape index (κ3) is 2.94. The summed E-state index contributed by atoms with van der Waals surface area (Å²) in [5, 5.41) is 3.84. The molecular weight excluding hydrogens is 281 g/mol. The minimum Gasteiger partial charge on any atom is -0.297 e. The summed E-state index contributed by atoms with van der Waals surface area (Å²) < 4.78 is 3.96. The van der Waals surface area contributed by atoms with E-state index in [1.807, 2.05) is 0 Å². The molecule has 1 N–H and O–H groups in total. The lowest BCUT2D eigenvalue weighted by Crippen LogP contribution is -2.11. The highest BCUT2D eigenvalue weighted by Crippen LogP contribution is 2.23. The summed E-state index contributed by atoms with van der Waals surface area (Å²) in [5.74, 6) is 0.333. The highest BCUT2D eigenvalue weighted by molar-refractivity contribution is 7.09. The van der Waals surface area contributed by atoms with Crippen LogP contribution in [0.4, 0.5) is 5.13 Å². The predicted octanol–water partition coefficient (Wildman–Crippen LogP) is 3.41. The monoisotopic (exact) mass is 287 g/mol. The number of anilines is 1. The van der Waals surface area contributed by atoms with Gasteiger partial charge < -0.3 is 0 Å². The largest absolute Gasteiger partial charge is 0.297 e. The zero-order chi connectivity index (χ0) is 12.4. The van der Waals surface area contributed by atoms with Crippen molar-refractivity contribution in [3.8, 4) is 0 Å². The van der Waals surface area contributed by atoms with Crippen LogP contribution in [0.25, 0.3) is 0 Å². The maximum Gasteiger partial charge on any atom is 0.257 e. The molecule has 0 fully saturated rings. The van der Waals surface area contributed by atoms with Crippen molar-refractivity contribution in [2.24, 2.45) is 0 Å². The smallest absolute Gasteiger partial charge is 0.257 e. The van der Waals surface area contributed by atoms with Gasteiger partial charge >= 0.3 is 0 Å². The van der Waals surface area contributed by atoms with Gasteiger partial charge in [0.2, 0.25) is 5.13 Å². The molecule has 1 aromatic carbocycles. The number of amides is 1. The van der Waals surface area contributed by atoms with Gasteiger partial charge in [-0.05, 0) is 25.1 Å². The molecule has 1 amide bonds. The Balaban J connectivity index is 2.17. The number of rotatable bonds is 2. The number of hydrogen-bond acceptors (Lipinski definition) is 4. The molecule has 0 saturated carbocycles. The molecule has 7 heteroatoms. The number of carbonyl (C=O) groups is 1. The second-order valence-corrected chi connectivity index (χ2v) is 4.80. The second kappa shape index (κ2) is 5.00. The number of halogens is 2. The molecule has 0 unspecified atom stereocenters. The van der Waals surface area contributed by atoms with E-state index in [9.17, 15) is 4.79 Å². The van der Waals surface area contributed by atoms with E-state index in [-0.39, 0.29) is 5.91 Å². The first kappa shape index (κ1) is 12.3. The van der Waals surface area contributed by atoms with Crippen molar-refractivity contribution in [1.82, 2.24) is 9.36 Å². The van der Waals surface area contributed by atoms with Gasteiger partial charge in [0.25, 0.3) is 5.91 Å². The minimum atomic E-state index is -0.292. The van der Waals surface area contributed by atoms with E-state index in [2.05, 4.69) is 14.7 Å². The molecule has 4 nitrogen and oxygen atoms in total. The first-order valence-corrected chi connectivity index (χ1v) is 6.16. The lowest BCUT2D eigenvalue weighted by molar-refractivity contribution is 0.102. The van der Waals surface area contributed by atoms with E-state index in [1.54, 1.807) is 19.1 Å². The average Bonchev–Trinajstić information content (AvgIpc) is 2.68. The number of carbonyl (C=O) groups excluding carboxylic acids is 1. The number of nitrogens with zero attached hydrogens (tertiary/aromatic N) is 2. The molecule has 0 aliphatic carbocycles. The second-order valence-electron chi connectivity index (χ2n) is 3.23. The van der Waals surface area contributed by atoms with Crippen LogP contribution < -0.4 is 5.32 Å². The average molecular weight is 288 g/mol. The predicted molar refractivity (Wildman–Crippen MR) is 69.1 cm³/mol. The Morgan fingerprint density at radius 2 is 2.12 bits per heavy atom. The zero-order valence-corrected chi connectivity index (χ0v) is 11.0. The summed E-state index contributed by atoms with van der Waals surface area (Å²) in [6, 6.07) is 4.68. The fraction of sp³-hybridized carbons (Fsp3) is 0.100. The summed E-state index contributed by atoms with van der Waals surface area (Å²) in [6.45, 7) is 1.76. The SMILES string of the molecule is Cc1nsc(NC(=O)c2ccc(Cl)c(Cl)c2)n1. The quantitative estimate of drug-likeness (QED) is 0.921. The molecule has 0 aliphatic rings. The van der Waals surface area contributed by atoms with Gasteiger partial charge in [0, 0.05) is 17.1 Å². The van der Waals surface area contributed by atoms with Gasteiger partial charge in [-0.25, -0.2) is 4.98 Å². The van der Waals surface area contributed by atoms with Crippen LogP contribution >= 0.6 is 34.7 Å². The molecule has 1 heterocycles. The molecule has 88 valence electrons. The topological polar surface area (TPSA) is 54.9 Å². The Labute approximate surface area is 112 Å². The maximum atomic E-state index is 11.8. The molecule has 0 aliphatic heterocycles. The first-order chi connectivity index (χ1) is 8.06. The van der Waals surface area contributed by atoms with Crippen LogP contribution in [0.1, 0.15) is 16.2 Å². The van der Waals surface area contributed by atoms with Crippen molar-refractivity contribution in [1.29, 1.82) is 0 Å². The van der Waals surface area contributed by atoms with E-state index in [0.29, 0.717) is 26.6 Å². The number of benzene rings is 1. The molecular formula is C10H7Cl2N3OS. The number of aryl methyl sites for hydroxylation is 1. The van der Waals surface area contributed by atoms with Gasteiger partial charge in [-0.2, -0.15) is 4.37 Å². The summed E-state index contributed by atoms with van der Waals surface area (Å²) in [7, 11) is 0. The fourth-order valence-electron chi connectivity index (χ4n) is 1.15. The van der Waals surface area contributed by atoms with Crippen molar-refractivity contribution in [3.05, 3.63) is 39.6 Å². The lowest BCUT2D eigenvalue weighted by atomic mass is 10.2. The third-order valence-corrected chi connectivity index (χ3v) is 3.39. The van der Waals surface area contributed by atoms with Crippen molar-refractivity contribution < 1.29 is 4.79 Å². The van der Waals surface area contributed by atoms with Gasteiger partial charge in [0.1, 0.15) is 5.82 Å². The normalized spacial score (nSPS) is 10.3. The van der Waals surface area contributed by atoms with E-state index in [4.69, 9.17) is 23.2 Å². The Bertz CT molecular complexity index is 570. The van der Waals surface area contributed by atoms with Gasteiger partial charge in [-0.15, -0.1) is 0 Å². The molecule has 2 rings (SSSR count). The van der Waals surface area contributed by atoms with Crippen molar-refractivity contribution >= 4 is 45.8 Å². The number of nitrogens with one attached hydrogen (secondary N) is 1. The third-order valence-electron chi connectivity index (χ3n) is 1.93. The summed E-state index contributed by atoms with van der Waals surface area (Å²) >= 11 is 12.7. The van der Waals surface area contributed by atoms with Gasteiger partial charge in [-0.3, -0.25) is 10.1 Å².